The molecule has 0 atom stereocenters. The van der Waals surface area contributed by atoms with Crippen LogP contribution < -0.4 is 0 Å². The summed E-state index contributed by atoms with van der Waals surface area (Å²) in [6.45, 7) is 14.0. The fraction of sp³-hybridized carbons (Fsp3) is 0.579. The fourth-order valence-electron chi connectivity index (χ4n) is 2.81. The molecule has 0 aliphatic carbocycles. The van der Waals surface area contributed by atoms with Crippen molar-refractivity contribution in [3.8, 4) is 0 Å². The third-order valence-electron chi connectivity index (χ3n) is 4.16. The first kappa shape index (κ1) is 18.8. The summed E-state index contributed by atoms with van der Waals surface area (Å²) in [5.41, 5.74) is 4.08. The maximum atomic E-state index is 12.4. The summed E-state index contributed by atoms with van der Waals surface area (Å²) in [5.74, 6) is -0.312. The highest BCUT2D eigenvalue weighted by molar-refractivity contribution is 8.13. The van der Waals surface area contributed by atoms with Gasteiger partial charge in [0.1, 0.15) is 11.3 Å². The third-order valence-corrected chi connectivity index (χ3v) is 5.19. The van der Waals surface area contributed by atoms with Crippen LogP contribution in [-0.4, -0.2) is 27.9 Å². The quantitative estimate of drug-likeness (QED) is 0.755. The number of allylic oxidation sites excluding steroid dienone is 1. The van der Waals surface area contributed by atoms with Crippen molar-refractivity contribution in [1.82, 2.24) is 4.98 Å². The van der Waals surface area contributed by atoms with E-state index >= 15 is 0 Å². The molecular formula is C19H28N2O2S. The average Bonchev–Trinajstić information content (AvgIpc) is 2.87. The van der Waals surface area contributed by atoms with Crippen LogP contribution in [0.5, 0.6) is 0 Å². The van der Waals surface area contributed by atoms with Crippen LogP contribution in [0.4, 0.5) is 0 Å². The molecule has 2 heterocycles. The summed E-state index contributed by atoms with van der Waals surface area (Å²) in [5, 5.41) is 1.15. The zero-order chi connectivity index (χ0) is 18.3. The molecule has 0 amide bonds. The number of carbonyl (C=O) groups excluding carboxylic acids is 1. The van der Waals surface area contributed by atoms with Gasteiger partial charge in [-0.05, 0) is 58.1 Å². The van der Waals surface area contributed by atoms with Crippen LogP contribution in [0, 0.1) is 19.3 Å². The first-order chi connectivity index (χ1) is 10.9. The molecule has 0 bridgehead atoms. The lowest BCUT2D eigenvalue weighted by Crippen LogP contribution is -2.24. The summed E-state index contributed by atoms with van der Waals surface area (Å²) < 4.78 is 5.49. The molecule has 0 radical (unpaired) electrons. The summed E-state index contributed by atoms with van der Waals surface area (Å²) >= 11 is 1.70. The number of hydrogen-bond acceptors (Lipinski definition) is 4. The highest BCUT2D eigenvalue weighted by Crippen LogP contribution is 2.39. The van der Waals surface area contributed by atoms with Gasteiger partial charge in [0.25, 0.3) is 0 Å². The molecule has 0 unspecified atom stereocenters. The molecule has 4 nitrogen and oxygen atoms in total. The van der Waals surface area contributed by atoms with Crippen molar-refractivity contribution < 1.29 is 9.53 Å². The van der Waals surface area contributed by atoms with E-state index in [-0.39, 0.29) is 11.4 Å². The molecule has 1 aromatic heterocycles. The van der Waals surface area contributed by atoms with Crippen molar-refractivity contribution in [2.75, 3.05) is 6.26 Å². The normalized spacial score (nSPS) is 18.8. The van der Waals surface area contributed by atoms with E-state index in [9.17, 15) is 4.79 Å². The van der Waals surface area contributed by atoms with Gasteiger partial charge in [0.2, 0.25) is 0 Å². The lowest BCUT2D eigenvalue weighted by molar-refractivity contribution is 0.00627. The van der Waals surface area contributed by atoms with Gasteiger partial charge >= 0.3 is 5.97 Å². The predicted octanol–water partition coefficient (Wildman–Crippen LogP) is 5.12. The Morgan fingerprint density at radius 2 is 1.92 bits per heavy atom. The second-order valence-electron chi connectivity index (χ2n) is 7.98. The van der Waals surface area contributed by atoms with Gasteiger partial charge in [-0.3, -0.25) is 4.99 Å². The number of aromatic amines is 1. The van der Waals surface area contributed by atoms with Gasteiger partial charge in [-0.2, -0.15) is 0 Å². The van der Waals surface area contributed by atoms with E-state index in [1.807, 2.05) is 34.6 Å². The summed E-state index contributed by atoms with van der Waals surface area (Å²) in [6, 6.07) is 0. The largest absolute Gasteiger partial charge is 0.455 e. The summed E-state index contributed by atoms with van der Waals surface area (Å²) in [4.78, 5) is 20.4. The van der Waals surface area contributed by atoms with Crippen LogP contribution in [0.2, 0.25) is 0 Å². The van der Waals surface area contributed by atoms with Crippen LogP contribution in [0.15, 0.2) is 10.7 Å². The average molecular weight is 349 g/mol. The maximum absolute atomic E-state index is 12.4. The third kappa shape index (κ3) is 3.94. The van der Waals surface area contributed by atoms with Crippen LogP contribution in [0.1, 0.15) is 68.3 Å². The zero-order valence-electron chi connectivity index (χ0n) is 16.0. The number of aromatic nitrogens is 1. The van der Waals surface area contributed by atoms with Gasteiger partial charge in [0.05, 0.1) is 5.04 Å². The number of esters is 1. The van der Waals surface area contributed by atoms with Gasteiger partial charge in [-0.15, -0.1) is 11.8 Å². The van der Waals surface area contributed by atoms with Crippen molar-refractivity contribution in [2.24, 2.45) is 10.4 Å². The molecule has 1 N–H and O–H groups in total. The Kier molecular flexibility index (Phi) is 5.05. The molecule has 0 aromatic carbocycles. The first-order valence-electron chi connectivity index (χ1n) is 8.21. The van der Waals surface area contributed by atoms with E-state index in [0.717, 1.165) is 34.0 Å². The molecular weight excluding hydrogens is 320 g/mol. The number of hydrogen-bond donors (Lipinski definition) is 1. The van der Waals surface area contributed by atoms with E-state index < -0.39 is 5.60 Å². The molecule has 5 heteroatoms. The van der Waals surface area contributed by atoms with Crippen molar-refractivity contribution >= 4 is 28.9 Å². The minimum absolute atomic E-state index is 0.0782. The van der Waals surface area contributed by atoms with Crippen molar-refractivity contribution in [3.05, 3.63) is 28.2 Å². The van der Waals surface area contributed by atoms with E-state index in [0.29, 0.717) is 5.69 Å². The van der Waals surface area contributed by atoms with Gasteiger partial charge < -0.3 is 9.72 Å². The second kappa shape index (κ2) is 6.43. The number of rotatable bonds is 2. The maximum Gasteiger partial charge on any atom is 0.355 e. The number of H-pyrrole nitrogens is 1. The van der Waals surface area contributed by atoms with Gasteiger partial charge in [-0.1, -0.05) is 13.8 Å². The predicted molar refractivity (Wildman–Crippen MR) is 103 cm³/mol. The molecule has 24 heavy (non-hydrogen) atoms. The number of ether oxygens (including phenoxy) is 1. The highest BCUT2D eigenvalue weighted by Gasteiger charge is 2.32. The van der Waals surface area contributed by atoms with Gasteiger partial charge in [0.15, 0.2) is 0 Å². The molecule has 2 rings (SSSR count). The monoisotopic (exact) mass is 348 g/mol. The van der Waals surface area contributed by atoms with E-state index in [4.69, 9.17) is 9.73 Å². The molecule has 0 saturated carbocycles. The van der Waals surface area contributed by atoms with E-state index in [1.54, 1.807) is 11.8 Å². The number of nitrogens with zero attached hydrogens (tertiary/aromatic N) is 1. The Morgan fingerprint density at radius 1 is 1.29 bits per heavy atom. The molecule has 0 saturated heterocycles. The second-order valence-corrected chi connectivity index (χ2v) is 8.78. The smallest absolute Gasteiger partial charge is 0.355 e. The number of thioether (sulfide) groups is 1. The minimum Gasteiger partial charge on any atom is -0.455 e. The number of nitrogens with one attached hydrogen (secondary N) is 1. The van der Waals surface area contributed by atoms with Crippen molar-refractivity contribution in [2.45, 2.75) is 60.5 Å². The molecule has 1 aliphatic heterocycles. The Labute approximate surface area is 149 Å². The van der Waals surface area contributed by atoms with Gasteiger partial charge in [0, 0.05) is 23.2 Å². The number of aliphatic imine (C=N–C) groups is 1. The van der Waals surface area contributed by atoms with E-state index in [1.165, 1.54) is 0 Å². The Hall–Kier alpha value is -1.49. The fourth-order valence-corrected chi connectivity index (χ4v) is 3.64. The molecule has 1 aromatic rings. The lowest BCUT2D eigenvalue weighted by atomic mass is 9.91. The van der Waals surface area contributed by atoms with Gasteiger partial charge in [-0.25, -0.2) is 4.79 Å². The first-order valence-corrected chi connectivity index (χ1v) is 9.43. The summed E-state index contributed by atoms with van der Waals surface area (Å²) in [6.07, 6.45) is 5.03. The SMILES string of the molecule is CSC1=N/C(=C/c2[nH]c(C(=O)OC(C)(C)C)c(C)c2C)CC1(C)C. The molecule has 0 fully saturated rings. The Balaban J connectivity index is 2.34. The van der Waals surface area contributed by atoms with Crippen LogP contribution in [-0.2, 0) is 4.74 Å². The van der Waals surface area contributed by atoms with Crippen LogP contribution >= 0.6 is 11.8 Å². The highest BCUT2D eigenvalue weighted by atomic mass is 32.2. The van der Waals surface area contributed by atoms with E-state index in [2.05, 4.69) is 31.2 Å². The zero-order valence-corrected chi connectivity index (χ0v) is 16.8. The number of carbonyl (C=O) groups is 1. The topological polar surface area (TPSA) is 54.5 Å². The Bertz CT molecular complexity index is 718. The molecule has 1 aliphatic rings. The van der Waals surface area contributed by atoms with Crippen LogP contribution in [0.3, 0.4) is 0 Å². The van der Waals surface area contributed by atoms with Crippen molar-refractivity contribution in [1.29, 1.82) is 0 Å². The minimum atomic E-state index is -0.506. The Morgan fingerprint density at radius 3 is 2.42 bits per heavy atom. The van der Waals surface area contributed by atoms with Crippen LogP contribution in [0.25, 0.3) is 6.08 Å². The standard InChI is InChI=1S/C19H28N2O2S/c1-11-12(2)15(16(22)23-18(3,4)5)21-14(11)9-13-10-19(6,7)17(20-13)24-8/h9,21H,10H2,1-8H3/b13-9+. The van der Waals surface area contributed by atoms with Crippen molar-refractivity contribution in [3.63, 3.8) is 0 Å². The molecule has 0 spiro atoms. The molecule has 132 valence electrons. The summed E-state index contributed by atoms with van der Waals surface area (Å²) in [7, 11) is 0. The lowest BCUT2D eigenvalue weighted by Gasteiger charge is -2.19.